The van der Waals surface area contributed by atoms with E-state index in [1.54, 1.807) is 12.1 Å². The van der Waals surface area contributed by atoms with E-state index in [1.165, 1.54) is 22.3 Å². The van der Waals surface area contributed by atoms with E-state index in [9.17, 15) is 5.11 Å². The summed E-state index contributed by atoms with van der Waals surface area (Å²) in [6.07, 6.45) is 1.93. The lowest BCUT2D eigenvalue weighted by molar-refractivity contribution is 0.475. The van der Waals surface area contributed by atoms with Gasteiger partial charge in [0.25, 0.3) is 0 Å². The van der Waals surface area contributed by atoms with Crippen LogP contribution >= 0.6 is 0 Å². The maximum atomic E-state index is 9.44. The zero-order chi connectivity index (χ0) is 20.9. The summed E-state index contributed by atoms with van der Waals surface area (Å²) in [5.74, 6) is 0.315. The molecule has 0 saturated carbocycles. The van der Waals surface area contributed by atoms with Gasteiger partial charge in [0.15, 0.2) is 0 Å². The van der Waals surface area contributed by atoms with Crippen molar-refractivity contribution in [3.8, 4) is 5.75 Å². The van der Waals surface area contributed by atoms with E-state index >= 15 is 0 Å². The van der Waals surface area contributed by atoms with Gasteiger partial charge in [-0.15, -0.1) is 0 Å². The molecule has 2 nitrogen and oxygen atoms in total. The van der Waals surface area contributed by atoms with Gasteiger partial charge < -0.3 is 10.0 Å². The standard InChI is InChI=1S/C28H27NO/c1-21-3-13-25(14-4-21)29(26-15-5-22(2)6-16-26)27-17-9-23(10-18-27)7-8-24-11-19-28(30)20-12-24/h3-6,9-20,30H,7-8H2,1-2H3. The van der Waals surface area contributed by atoms with Crippen molar-refractivity contribution >= 4 is 17.1 Å². The molecular weight excluding hydrogens is 366 g/mol. The first kappa shape index (κ1) is 19.8. The van der Waals surface area contributed by atoms with Crippen molar-refractivity contribution < 1.29 is 5.11 Å². The highest BCUT2D eigenvalue weighted by Gasteiger charge is 2.12. The van der Waals surface area contributed by atoms with Crippen molar-refractivity contribution in [2.45, 2.75) is 26.7 Å². The van der Waals surface area contributed by atoms with Crippen LogP contribution in [-0.2, 0) is 12.8 Å². The van der Waals surface area contributed by atoms with E-state index in [-0.39, 0.29) is 0 Å². The first-order valence-corrected chi connectivity index (χ1v) is 10.4. The molecule has 0 aromatic heterocycles. The summed E-state index contributed by atoms with van der Waals surface area (Å²) >= 11 is 0. The van der Waals surface area contributed by atoms with Gasteiger partial charge in [0.05, 0.1) is 0 Å². The fourth-order valence-electron chi connectivity index (χ4n) is 3.60. The van der Waals surface area contributed by atoms with E-state index in [1.807, 2.05) is 12.1 Å². The molecular formula is C28H27NO. The van der Waals surface area contributed by atoms with Gasteiger partial charge in [-0.25, -0.2) is 0 Å². The van der Waals surface area contributed by atoms with Crippen molar-refractivity contribution in [3.63, 3.8) is 0 Å². The molecule has 4 rings (SSSR count). The molecule has 0 aliphatic heterocycles. The molecule has 4 aromatic rings. The van der Waals surface area contributed by atoms with E-state index in [4.69, 9.17) is 0 Å². The molecule has 2 heteroatoms. The molecule has 150 valence electrons. The Morgan fingerprint density at radius 3 is 1.23 bits per heavy atom. The number of aromatic hydroxyl groups is 1. The maximum absolute atomic E-state index is 9.44. The Morgan fingerprint density at radius 1 is 0.500 bits per heavy atom. The summed E-state index contributed by atoms with van der Waals surface area (Å²) < 4.78 is 0. The van der Waals surface area contributed by atoms with E-state index in [2.05, 4.69) is 91.5 Å². The SMILES string of the molecule is Cc1ccc(N(c2ccc(C)cc2)c2ccc(CCc3ccc(O)cc3)cc2)cc1. The molecule has 0 fully saturated rings. The Kier molecular flexibility index (Phi) is 5.85. The lowest BCUT2D eigenvalue weighted by atomic mass is 10.0. The third-order valence-electron chi connectivity index (χ3n) is 5.42. The van der Waals surface area contributed by atoms with Gasteiger partial charge in [-0.2, -0.15) is 0 Å². The summed E-state index contributed by atoms with van der Waals surface area (Å²) in [6, 6.07) is 33.6. The Morgan fingerprint density at radius 2 is 0.833 bits per heavy atom. The van der Waals surface area contributed by atoms with Gasteiger partial charge in [-0.1, -0.05) is 59.7 Å². The largest absolute Gasteiger partial charge is 0.508 e. The predicted molar refractivity (Wildman–Crippen MR) is 126 cm³/mol. The van der Waals surface area contributed by atoms with Gasteiger partial charge >= 0.3 is 0 Å². The Bertz CT molecular complexity index is 1030. The summed E-state index contributed by atoms with van der Waals surface area (Å²) in [5.41, 5.74) is 8.51. The summed E-state index contributed by atoms with van der Waals surface area (Å²) in [6.45, 7) is 4.23. The van der Waals surface area contributed by atoms with Crippen LogP contribution in [0.5, 0.6) is 5.75 Å². The highest BCUT2D eigenvalue weighted by molar-refractivity contribution is 5.76. The molecule has 0 aliphatic rings. The van der Waals surface area contributed by atoms with Crippen molar-refractivity contribution in [2.75, 3.05) is 4.90 Å². The predicted octanol–water partition coefficient (Wildman–Crippen LogP) is 7.26. The highest BCUT2D eigenvalue weighted by Crippen LogP contribution is 2.34. The molecule has 0 heterocycles. The normalized spacial score (nSPS) is 10.7. The first-order chi connectivity index (χ1) is 14.6. The summed E-state index contributed by atoms with van der Waals surface area (Å²) in [7, 11) is 0. The molecule has 4 aromatic carbocycles. The molecule has 0 aliphatic carbocycles. The minimum Gasteiger partial charge on any atom is -0.508 e. The molecule has 0 unspecified atom stereocenters. The number of anilines is 3. The summed E-state index contributed by atoms with van der Waals surface area (Å²) in [5, 5.41) is 9.44. The lowest BCUT2D eigenvalue weighted by Crippen LogP contribution is -2.10. The second kappa shape index (κ2) is 8.87. The number of benzene rings is 4. The maximum Gasteiger partial charge on any atom is 0.115 e. The second-order valence-corrected chi connectivity index (χ2v) is 7.84. The number of phenols is 1. The minimum absolute atomic E-state index is 0.315. The molecule has 0 atom stereocenters. The average Bonchev–Trinajstić information content (AvgIpc) is 2.77. The third-order valence-corrected chi connectivity index (χ3v) is 5.42. The van der Waals surface area contributed by atoms with Crippen LogP contribution in [-0.4, -0.2) is 5.11 Å². The van der Waals surface area contributed by atoms with Crippen molar-refractivity contribution in [1.82, 2.24) is 0 Å². The lowest BCUT2D eigenvalue weighted by Gasteiger charge is -2.26. The fraction of sp³-hybridized carbons (Fsp3) is 0.143. The quantitative estimate of drug-likeness (QED) is 0.372. The van der Waals surface area contributed by atoms with E-state index in [0.717, 1.165) is 29.9 Å². The molecule has 1 N–H and O–H groups in total. The number of hydrogen-bond acceptors (Lipinski definition) is 2. The first-order valence-electron chi connectivity index (χ1n) is 10.4. The Balaban J connectivity index is 1.58. The molecule has 0 radical (unpaired) electrons. The average molecular weight is 394 g/mol. The van der Waals surface area contributed by atoms with Crippen molar-refractivity contribution in [1.29, 1.82) is 0 Å². The van der Waals surface area contributed by atoms with Crippen LogP contribution in [0.4, 0.5) is 17.1 Å². The van der Waals surface area contributed by atoms with Gasteiger partial charge in [0.2, 0.25) is 0 Å². The molecule has 0 amide bonds. The van der Waals surface area contributed by atoms with Crippen LogP contribution in [0.25, 0.3) is 0 Å². The number of aryl methyl sites for hydroxylation is 4. The van der Waals surface area contributed by atoms with Crippen LogP contribution < -0.4 is 4.90 Å². The number of phenolic OH excluding ortho intramolecular Hbond substituents is 1. The van der Waals surface area contributed by atoms with Gasteiger partial charge in [0, 0.05) is 17.1 Å². The van der Waals surface area contributed by atoms with Crippen LogP contribution in [0.3, 0.4) is 0 Å². The van der Waals surface area contributed by atoms with Crippen LogP contribution in [0.2, 0.25) is 0 Å². The minimum atomic E-state index is 0.315. The number of nitrogens with zero attached hydrogens (tertiary/aromatic N) is 1. The molecule has 0 saturated heterocycles. The van der Waals surface area contributed by atoms with Gasteiger partial charge in [-0.3, -0.25) is 0 Å². The van der Waals surface area contributed by atoms with Gasteiger partial charge in [0.1, 0.15) is 5.75 Å². The molecule has 0 bridgehead atoms. The van der Waals surface area contributed by atoms with Gasteiger partial charge in [-0.05, 0) is 86.3 Å². The Labute approximate surface area is 179 Å². The van der Waals surface area contributed by atoms with Crippen molar-refractivity contribution in [2.24, 2.45) is 0 Å². The van der Waals surface area contributed by atoms with Crippen LogP contribution in [0, 0.1) is 13.8 Å². The smallest absolute Gasteiger partial charge is 0.115 e. The van der Waals surface area contributed by atoms with E-state index < -0.39 is 0 Å². The second-order valence-electron chi connectivity index (χ2n) is 7.84. The van der Waals surface area contributed by atoms with E-state index in [0.29, 0.717) is 5.75 Å². The number of rotatable bonds is 6. The topological polar surface area (TPSA) is 23.5 Å². The highest BCUT2D eigenvalue weighted by atomic mass is 16.3. The van der Waals surface area contributed by atoms with Crippen molar-refractivity contribution in [3.05, 3.63) is 119 Å². The zero-order valence-corrected chi connectivity index (χ0v) is 17.5. The Hall–Kier alpha value is -3.52. The van der Waals surface area contributed by atoms with Crippen LogP contribution in [0.1, 0.15) is 22.3 Å². The third kappa shape index (κ3) is 4.72. The monoisotopic (exact) mass is 393 g/mol. The number of hydrogen-bond donors (Lipinski definition) is 1. The zero-order valence-electron chi connectivity index (χ0n) is 17.5. The fourth-order valence-corrected chi connectivity index (χ4v) is 3.60. The molecule has 0 spiro atoms. The van der Waals surface area contributed by atoms with Crippen LogP contribution in [0.15, 0.2) is 97.1 Å². The molecule has 30 heavy (non-hydrogen) atoms. The summed E-state index contributed by atoms with van der Waals surface area (Å²) in [4.78, 5) is 2.29.